The Morgan fingerprint density at radius 2 is 1.68 bits per heavy atom. The molecule has 0 amide bonds. The molecule has 0 saturated heterocycles. The summed E-state index contributed by atoms with van der Waals surface area (Å²) >= 11 is 0. The smallest absolute Gasteiger partial charge is 0.179 e. The fraction of sp³-hybridized carbons (Fsp3) is 0.765. The minimum absolute atomic E-state index is 0.0409. The third kappa shape index (κ3) is 3.00. The van der Waals surface area contributed by atoms with Crippen molar-refractivity contribution >= 4 is 17.3 Å². The van der Waals surface area contributed by atoms with Crippen LogP contribution in [0.25, 0.3) is 0 Å². The largest absolute Gasteiger partial charge is 0.299 e. The normalized spacial score (nSPS) is 46.0. The number of hydrogen-bond acceptors (Lipinski definition) is 4. The van der Waals surface area contributed by atoms with E-state index in [1.165, 1.54) is 5.57 Å². The van der Waals surface area contributed by atoms with E-state index in [0.717, 1.165) is 64.2 Å². The number of ketones is 3. The van der Waals surface area contributed by atoms with Crippen LogP contribution in [0.15, 0.2) is 23.3 Å². The molecule has 0 aromatic rings. The molecule has 4 fully saturated rings. The maximum Gasteiger partial charge on any atom is 0.179 e. The van der Waals surface area contributed by atoms with Crippen LogP contribution in [0.4, 0.5) is 0 Å². The summed E-state index contributed by atoms with van der Waals surface area (Å²) in [5.74, 6) is 0.740. The molecular weight excluding hydrogens is 470 g/mol. The van der Waals surface area contributed by atoms with E-state index in [9.17, 15) is 19.6 Å². The van der Waals surface area contributed by atoms with Crippen molar-refractivity contribution in [3.05, 3.63) is 23.3 Å². The zero-order chi connectivity index (χ0) is 27.5. The lowest BCUT2D eigenvalue weighted by atomic mass is 9.34. The molecule has 4 heteroatoms. The van der Waals surface area contributed by atoms with Gasteiger partial charge in [0.1, 0.15) is 11.9 Å². The molecule has 4 nitrogen and oxygen atoms in total. The molecule has 204 valence electrons. The third-order valence-electron chi connectivity index (χ3n) is 13.3. The molecule has 0 aromatic heterocycles. The van der Waals surface area contributed by atoms with E-state index in [0.29, 0.717) is 17.8 Å². The van der Waals surface area contributed by atoms with Crippen LogP contribution in [0.5, 0.6) is 0 Å². The maximum absolute atomic E-state index is 14.5. The van der Waals surface area contributed by atoms with Crippen molar-refractivity contribution in [1.82, 2.24) is 0 Å². The van der Waals surface area contributed by atoms with Crippen molar-refractivity contribution in [2.45, 2.75) is 112 Å². The van der Waals surface area contributed by atoms with Crippen molar-refractivity contribution in [3.8, 4) is 6.07 Å². The van der Waals surface area contributed by atoms with Crippen molar-refractivity contribution in [2.75, 3.05) is 0 Å². The topological polar surface area (TPSA) is 75.0 Å². The van der Waals surface area contributed by atoms with Gasteiger partial charge >= 0.3 is 0 Å². The van der Waals surface area contributed by atoms with Crippen LogP contribution in [-0.4, -0.2) is 17.3 Å². The molecule has 6 rings (SSSR count). The van der Waals surface area contributed by atoms with Gasteiger partial charge in [0.05, 0.1) is 5.57 Å². The average Bonchev–Trinajstić information content (AvgIpc) is 3.64. The molecule has 0 aliphatic heterocycles. The van der Waals surface area contributed by atoms with Crippen LogP contribution in [0.2, 0.25) is 0 Å². The van der Waals surface area contributed by atoms with Gasteiger partial charge in [-0.15, -0.1) is 0 Å². The molecule has 0 heterocycles. The summed E-state index contributed by atoms with van der Waals surface area (Å²) in [5.41, 5.74) is -0.0746. The Kier molecular flexibility index (Phi) is 5.38. The summed E-state index contributed by atoms with van der Waals surface area (Å²) in [4.78, 5) is 41.6. The van der Waals surface area contributed by atoms with Crippen molar-refractivity contribution < 1.29 is 14.4 Å². The molecule has 4 saturated carbocycles. The summed E-state index contributed by atoms with van der Waals surface area (Å²) in [6, 6.07) is 2.23. The molecule has 0 bridgehead atoms. The maximum atomic E-state index is 14.5. The second-order valence-electron chi connectivity index (χ2n) is 15.5. The number of nitriles is 1. The number of hydrogen-bond donors (Lipinski definition) is 0. The Labute approximate surface area is 228 Å². The van der Waals surface area contributed by atoms with E-state index in [-0.39, 0.29) is 51.0 Å². The molecule has 38 heavy (non-hydrogen) atoms. The summed E-state index contributed by atoms with van der Waals surface area (Å²) in [6.45, 7) is 13.7. The van der Waals surface area contributed by atoms with Crippen molar-refractivity contribution in [2.24, 2.45) is 50.2 Å². The highest BCUT2D eigenvalue weighted by atomic mass is 16.1. The Hall–Kier alpha value is -2.02. The van der Waals surface area contributed by atoms with Crippen molar-refractivity contribution in [1.29, 1.82) is 5.26 Å². The lowest BCUT2D eigenvalue weighted by molar-refractivity contribution is -0.176. The van der Waals surface area contributed by atoms with Gasteiger partial charge in [0.2, 0.25) is 0 Å². The first-order valence-electron chi connectivity index (χ1n) is 15.2. The number of allylic oxidation sites excluding steroid dienone is 4. The van der Waals surface area contributed by atoms with E-state index in [1.807, 2.05) is 12.2 Å². The lowest BCUT2D eigenvalue weighted by Crippen LogP contribution is -2.65. The van der Waals surface area contributed by atoms with Crippen LogP contribution in [0, 0.1) is 61.6 Å². The van der Waals surface area contributed by atoms with Gasteiger partial charge in [0.15, 0.2) is 11.6 Å². The second-order valence-corrected chi connectivity index (χ2v) is 15.5. The van der Waals surface area contributed by atoms with Crippen LogP contribution in [0.1, 0.15) is 112 Å². The molecule has 7 atom stereocenters. The van der Waals surface area contributed by atoms with Crippen LogP contribution in [-0.2, 0) is 14.4 Å². The van der Waals surface area contributed by atoms with Gasteiger partial charge < -0.3 is 0 Å². The van der Waals surface area contributed by atoms with Gasteiger partial charge in [0.25, 0.3) is 0 Å². The van der Waals surface area contributed by atoms with Crippen LogP contribution in [0.3, 0.4) is 0 Å². The third-order valence-corrected chi connectivity index (χ3v) is 13.3. The first-order chi connectivity index (χ1) is 17.7. The number of nitrogens with zero attached hydrogens (tertiary/aromatic N) is 1. The predicted octanol–water partition coefficient (Wildman–Crippen LogP) is 7.33. The van der Waals surface area contributed by atoms with Gasteiger partial charge in [-0.3, -0.25) is 14.4 Å². The number of carbonyl (C=O) groups is 3. The standard InChI is InChI=1S/C34H45NO3/c1-7-8-26(37)33-13-11-29(2,3)19-22(33)27-23(36)17-25-30(4)18-21(20-35)28(38)34(15-16-34)24(30)9-10-31(25,5)32(27,6)12-14-33/h17-18,22,24,27H,7-16,19H2,1-6H3/t22-,24+,27-,30-,31+,32+,33-/m0/s1. The van der Waals surface area contributed by atoms with Gasteiger partial charge in [0, 0.05) is 28.6 Å². The molecule has 1 spiro atoms. The molecule has 0 radical (unpaired) electrons. The zero-order valence-corrected chi connectivity index (χ0v) is 24.3. The quantitative estimate of drug-likeness (QED) is 0.394. The summed E-state index contributed by atoms with van der Waals surface area (Å²) in [5, 5.41) is 9.92. The van der Waals surface area contributed by atoms with Crippen molar-refractivity contribution in [3.63, 3.8) is 0 Å². The minimum Gasteiger partial charge on any atom is -0.299 e. The molecule has 6 aliphatic carbocycles. The van der Waals surface area contributed by atoms with Gasteiger partial charge in [-0.2, -0.15) is 5.26 Å². The first-order valence-corrected chi connectivity index (χ1v) is 15.2. The molecule has 0 aromatic carbocycles. The minimum atomic E-state index is -0.454. The average molecular weight is 516 g/mol. The Balaban J connectivity index is 1.51. The van der Waals surface area contributed by atoms with E-state index >= 15 is 0 Å². The number of rotatable bonds is 3. The van der Waals surface area contributed by atoms with E-state index in [2.05, 4.69) is 47.6 Å². The van der Waals surface area contributed by atoms with E-state index in [4.69, 9.17) is 0 Å². The van der Waals surface area contributed by atoms with Gasteiger partial charge in [-0.05, 0) is 98.4 Å². The van der Waals surface area contributed by atoms with Gasteiger partial charge in [-0.1, -0.05) is 53.2 Å². The monoisotopic (exact) mass is 515 g/mol. The van der Waals surface area contributed by atoms with E-state index < -0.39 is 10.8 Å². The summed E-state index contributed by atoms with van der Waals surface area (Å²) in [6.07, 6.45) is 13.7. The number of Topliss-reactive ketones (excluding diaryl/α,β-unsaturated/α-hetero) is 2. The molecule has 6 aliphatic rings. The van der Waals surface area contributed by atoms with Gasteiger partial charge in [-0.25, -0.2) is 0 Å². The SMILES string of the molecule is CCCC(=O)[C@]12CCC(C)(C)C[C@H]1[C@H]1C(=O)C=C3[C@@]4(C)C=C(C#N)C(=O)C5(CC5)[C@@H]4CC[C@@]3(C)[C@]1(C)CC2. The molecule has 0 unspecified atom stereocenters. The lowest BCUT2D eigenvalue weighted by Gasteiger charge is -2.68. The van der Waals surface area contributed by atoms with Crippen LogP contribution >= 0.6 is 0 Å². The number of fused-ring (bicyclic) bond motifs is 8. The zero-order valence-electron chi connectivity index (χ0n) is 24.3. The second kappa shape index (κ2) is 7.80. The molecular formula is C34H45NO3. The Bertz CT molecular complexity index is 1240. The fourth-order valence-electron chi connectivity index (χ4n) is 11.0. The predicted molar refractivity (Wildman–Crippen MR) is 147 cm³/mol. The Morgan fingerprint density at radius 1 is 1.00 bits per heavy atom. The Morgan fingerprint density at radius 3 is 2.32 bits per heavy atom. The highest BCUT2D eigenvalue weighted by Gasteiger charge is 2.72. The van der Waals surface area contributed by atoms with Crippen LogP contribution < -0.4 is 0 Å². The first kappa shape index (κ1) is 26.2. The summed E-state index contributed by atoms with van der Waals surface area (Å²) in [7, 11) is 0. The fourth-order valence-corrected chi connectivity index (χ4v) is 11.0. The molecule has 0 N–H and O–H groups in total. The van der Waals surface area contributed by atoms with E-state index in [1.54, 1.807) is 0 Å². The number of carbonyl (C=O) groups excluding carboxylic acids is 3. The summed E-state index contributed by atoms with van der Waals surface area (Å²) < 4.78 is 0. The highest BCUT2D eigenvalue weighted by Crippen LogP contribution is 2.76. The highest BCUT2D eigenvalue weighted by molar-refractivity contribution is 6.06.